The molecule has 3 rings (SSSR count). The molecule has 0 aliphatic rings. The minimum Gasteiger partial charge on any atom is -0.382 e. The van der Waals surface area contributed by atoms with Gasteiger partial charge in [-0.1, -0.05) is 219 Å². The highest BCUT2D eigenvalue weighted by Gasteiger charge is 2.24. The summed E-state index contributed by atoms with van der Waals surface area (Å²) in [4.78, 5) is 69.8. The molecule has 0 saturated heterocycles. The summed E-state index contributed by atoms with van der Waals surface area (Å²) in [6.45, 7) is 11.9. The zero-order valence-corrected chi connectivity index (χ0v) is 54.7. The van der Waals surface area contributed by atoms with Crippen molar-refractivity contribution in [3.8, 4) is 0 Å². The first-order valence-electron chi connectivity index (χ1n) is 34.4. The largest absolute Gasteiger partial charge is 0.382 e. The van der Waals surface area contributed by atoms with Crippen LogP contribution in [0.1, 0.15) is 277 Å². The Bertz CT molecular complexity index is 2220. The molecule has 3 aromatic rings. The Kier molecular flexibility index (Phi) is 42.6. The normalized spacial score (nSPS) is 12.4. The van der Waals surface area contributed by atoms with Crippen LogP contribution < -0.4 is 49.1 Å². The quantitative estimate of drug-likeness (QED) is 0.0185. The van der Waals surface area contributed by atoms with E-state index in [-0.39, 0.29) is 67.4 Å². The smallest absolute Gasteiger partial charge is 0.328 e. The number of unbranched alkanes of at least 4 members (excludes halogenated alkanes) is 28. The topological polar surface area (TPSA) is 279 Å². The third-order valence-corrected chi connectivity index (χ3v) is 17.6. The lowest BCUT2D eigenvalue weighted by Crippen LogP contribution is -2.42. The van der Waals surface area contributed by atoms with Crippen LogP contribution in [0.5, 0.6) is 0 Å². The molecule has 0 aliphatic carbocycles. The van der Waals surface area contributed by atoms with Crippen molar-refractivity contribution in [1.29, 1.82) is 0 Å². The molecule has 0 fully saturated rings. The highest BCUT2D eigenvalue weighted by atomic mass is 31.2. The molecule has 488 valence electrons. The first-order chi connectivity index (χ1) is 41.3. The van der Waals surface area contributed by atoms with E-state index >= 15 is 0 Å². The third-order valence-electron chi connectivity index (χ3n) is 16.7. The molecule has 13 N–H and O–H groups in total. The van der Waals surface area contributed by atoms with Gasteiger partial charge in [-0.2, -0.15) is 9.97 Å². The number of hydrogen-bond donors (Lipinski definition) is 11. The zero-order valence-electron chi connectivity index (χ0n) is 53.8. The van der Waals surface area contributed by atoms with Gasteiger partial charge >= 0.3 is 13.3 Å². The summed E-state index contributed by atoms with van der Waals surface area (Å²) in [7, 11) is -4.20. The molecule has 19 heteroatoms. The van der Waals surface area contributed by atoms with Gasteiger partial charge in [0.05, 0.1) is 18.7 Å². The number of nitrogen functional groups attached to an aromatic ring is 1. The van der Waals surface area contributed by atoms with Gasteiger partial charge in [0.2, 0.25) is 17.8 Å². The fourth-order valence-electron chi connectivity index (χ4n) is 11.3. The molecule has 85 heavy (non-hydrogen) atoms. The van der Waals surface area contributed by atoms with E-state index in [9.17, 15) is 28.7 Å². The van der Waals surface area contributed by atoms with Crippen molar-refractivity contribution < 1.29 is 23.9 Å². The van der Waals surface area contributed by atoms with Crippen molar-refractivity contribution in [3.05, 3.63) is 40.3 Å². The van der Waals surface area contributed by atoms with E-state index < -0.39 is 13.6 Å². The maximum Gasteiger partial charge on any atom is 0.328 e. The Morgan fingerprint density at radius 3 is 1.61 bits per heavy atom. The number of carbonyl (C=O) groups excluding carboxylic acids is 2. The van der Waals surface area contributed by atoms with Crippen LogP contribution in [0.3, 0.4) is 0 Å². The molecule has 0 bridgehead atoms. The SMILES string of the molecule is CCCCCCCCCCCCCCCCC(N)(CCCCCCCCCCCCCCCC)CCNCCCCNCCCNC(=O)CC[C@H](NCCCP(=O)(O)O)C(=O)Nc1ccc(Cn2c(=O)[nH]c3c(N)nc(NCCCC)nc32)cc1. The number of aromatic amines is 1. The van der Waals surface area contributed by atoms with Crippen molar-refractivity contribution >= 4 is 48.0 Å². The van der Waals surface area contributed by atoms with Crippen LogP contribution in [-0.4, -0.2) is 105 Å². The number of imidazole rings is 1. The Balaban J connectivity index is 1.33. The maximum absolute atomic E-state index is 13.6. The standard InChI is InChI=1S/C66H123N12O6P/c1-4-7-10-12-14-16-18-20-22-24-26-28-30-32-44-66(68,45-33-31-29-27-25-23-21-19-17-15-13-11-8-5-2)46-53-70-48-35-34-47-69-49-36-51-72-59(79)43-42-58(71-52-37-54-85(82,83)84)63(80)74-57-40-38-56(39-41-57)55-78-62-60(75-65(78)81)61(67)76-64(77-62)73-50-9-6-3/h38-41,58,69-71H,4-37,42-55,68H2,1-3H3,(H,72,79)(H,74,80)(H,75,81)(H2,82,83,84)(H3,67,73,76,77)/t58-/m0/s1. The molecule has 2 amide bonds. The molecule has 2 aromatic heterocycles. The van der Waals surface area contributed by atoms with E-state index in [0.717, 1.165) is 83.1 Å². The van der Waals surface area contributed by atoms with E-state index in [2.05, 4.69) is 67.6 Å². The number of carbonyl (C=O) groups is 2. The lowest BCUT2D eigenvalue weighted by Gasteiger charge is -2.30. The Labute approximate surface area is 514 Å². The predicted octanol–water partition coefficient (Wildman–Crippen LogP) is 13.5. The van der Waals surface area contributed by atoms with Crippen LogP contribution in [0.2, 0.25) is 0 Å². The average Bonchev–Trinajstić information content (AvgIpc) is 2.27. The maximum atomic E-state index is 13.6. The van der Waals surface area contributed by atoms with Crippen molar-refractivity contribution in [1.82, 2.24) is 40.8 Å². The number of benzene rings is 1. The van der Waals surface area contributed by atoms with Crippen LogP contribution in [0.4, 0.5) is 17.5 Å². The second-order valence-corrected chi connectivity index (χ2v) is 26.4. The summed E-state index contributed by atoms with van der Waals surface area (Å²) in [6, 6.07) is 6.26. The Morgan fingerprint density at radius 1 is 0.600 bits per heavy atom. The number of anilines is 3. The summed E-state index contributed by atoms with van der Waals surface area (Å²) in [5.41, 5.74) is 15.0. The number of H-pyrrole nitrogens is 1. The van der Waals surface area contributed by atoms with Gasteiger partial charge in [-0.15, -0.1) is 0 Å². The van der Waals surface area contributed by atoms with Crippen LogP contribution in [0.15, 0.2) is 29.1 Å². The average molecular weight is 1210 g/mol. The monoisotopic (exact) mass is 1210 g/mol. The molecular weight excluding hydrogens is 1090 g/mol. The summed E-state index contributed by atoms with van der Waals surface area (Å²) in [5, 5.41) is 19.4. The minimum absolute atomic E-state index is 0.0759. The number of nitrogens with two attached hydrogens (primary N) is 2. The molecule has 0 radical (unpaired) electrons. The van der Waals surface area contributed by atoms with E-state index in [0.29, 0.717) is 35.9 Å². The Hall–Kier alpha value is -3.90. The fraction of sp³-hybridized carbons (Fsp3) is 0.803. The summed E-state index contributed by atoms with van der Waals surface area (Å²) in [6.07, 6.45) is 46.9. The number of hydrogen-bond acceptors (Lipinski definition) is 12. The van der Waals surface area contributed by atoms with Crippen molar-refractivity contribution in [2.24, 2.45) is 5.73 Å². The van der Waals surface area contributed by atoms with Gasteiger partial charge in [-0.05, 0) is 108 Å². The van der Waals surface area contributed by atoms with E-state index in [4.69, 9.17) is 11.5 Å². The molecule has 18 nitrogen and oxygen atoms in total. The van der Waals surface area contributed by atoms with Gasteiger partial charge in [0, 0.05) is 30.7 Å². The lowest BCUT2D eigenvalue weighted by molar-refractivity contribution is -0.121. The minimum atomic E-state index is -4.20. The van der Waals surface area contributed by atoms with Crippen LogP contribution >= 0.6 is 7.60 Å². The van der Waals surface area contributed by atoms with Gasteiger partial charge in [0.25, 0.3) is 0 Å². The predicted molar refractivity (Wildman–Crippen MR) is 357 cm³/mol. The number of rotatable bonds is 58. The van der Waals surface area contributed by atoms with Crippen molar-refractivity contribution in [2.75, 3.05) is 68.3 Å². The zero-order chi connectivity index (χ0) is 61.5. The molecule has 1 atom stereocenters. The van der Waals surface area contributed by atoms with Gasteiger partial charge in [-0.3, -0.25) is 18.7 Å². The second-order valence-electron chi connectivity index (χ2n) is 24.6. The van der Waals surface area contributed by atoms with Crippen molar-refractivity contribution in [3.63, 3.8) is 0 Å². The van der Waals surface area contributed by atoms with E-state index in [1.807, 2.05) is 0 Å². The number of amides is 2. The summed E-state index contributed by atoms with van der Waals surface area (Å²) in [5.74, 6) is -0.0304. The summed E-state index contributed by atoms with van der Waals surface area (Å²) >= 11 is 0. The summed E-state index contributed by atoms with van der Waals surface area (Å²) < 4.78 is 13.0. The highest BCUT2D eigenvalue weighted by Crippen LogP contribution is 2.34. The fourth-order valence-corrected chi connectivity index (χ4v) is 11.8. The van der Waals surface area contributed by atoms with Crippen LogP contribution in [-0.2, 0) is 20.7 Å². The van der Waals surface area contributed by atoms with E-state index in [1.54, 1.807) is 24.3 Å². The van der Waals surface area contributed by atoms with Gasteiger partial charge in [0.1, 0.15) is 5.52 Å². The molecule has 0 spiro atoms. The van der Waals surface area contributed by atoms with Gasteiger partial charge in [-0.25, -0.2) is 4.79 Å². The van der Waals surface area contributed by atoms with Crippen molar-refractivity contribution in [2.45, 2.75) is 289 Å². The molecule has 1 aromatic carbocycles. The second kappa shape index (κ2) is 48.1. The third kappa shape index (κ3) is 37.5. The number of nitrogens with one attached hydrogen (secondary N) is 7. The molecule has 0 saturated carbocycles. The van der Waals surface area contributed by atoms with Gasteiger partial charge in [0.15, 0.2) is 11.5 Å². The first kappa shape index (κ1) is 75.4. The van der Waals surface area contributed by atoms with Crippen LogP contribution in [0, 0.1) is 0 Å². The van der Waals surface area contributed by atoms with Gasteiger partial charge < -0.3 is 58.1 Å². The molecule has 2 heterocycles. The van der Waals surface area contributed by atoms with E-state index in [1.165, 1.54) is 184 Å². The molecule has 0 aliphatic heterocycles. The molecular formula is C66H123N12O6P. The molecule has 0 unspecified atom stereocenters. The number of aromatic nitrogens is 4. The lowest BCUT2D eigenvalue weighted by atomic mass is 9.84. The van der Waals surface area contributed by atoms with Crippen LogP contribution in [0.25, 0.3) is 11.2 Å². The highest BCUT2D eigenvalue weighted by molar-refractivity contribution is 7.51. The number of nitrogens with zero attached hydrogens (tertiary/aromatic N) is 3. The Morgan fingerprint density at radius 2 is 1.09 bits per heavy atom. The number of fused-ring (bicyclic) bond motifs is 1. The first-order valence-corrected chi connectivity index (χ1v) is 36.2.